The Morgan fingerprint density at radius 1 is 1.29 bits per heavy atom. The van der Waals surface area contributed by atoms with E-state index >= 15 is 0 Å². The number of benzene rings is 1. The number of rotatable bonds is 5. The number of aryl methyl sites for hydroxylation is 1. The highest BCUT2D eigenvalue weighted by Crippen LogP contribution is 2.21. The van der Waals surface area contributed by atoms with Crippen LogP contribution in [0.2, 0.25) is 5.02 Å². The number of nitrogens with zero attached hydrogens (tertiary/aromatic N) is 2. The number of carbonyl (C=O) groups excluding carboxylic acids is 1. The molecule has 0 spiro atoms. The second-order valence-corrected chi connectivity index (χ2v) is 5.55. The van der Waals surface area contributed by atoms with E-state index in [1.54, 1.807) is 30.5 Å². The van der Waals surface area contributed by atoms with Crippen LogP contribution in [0.15, 0.2) is 53.3 Å². The Bertz CT molecular complexity index is 850. The van der Waals surface area contributed by atoms with E-state index in [4.69, 9.17) is 16.0 Å². The average Bonchev–Trinajstić information content (AvgIpc) is 3.09. The molecule has 2 N–H and O–H groups in total. The predicted molar refractivity (Wildman–Crippen MR) is 91.4 cm³/mol. The maximum absolute atomic E-state index is 12.2. The van der Waals surface area contributed by atoms with E-state index in [2.05, 4.69) is 20.6 Å². The third-order valence-electron chi connectivity index (χ3n) is 3.33. The van der Waals surface area contributed by atoms with Gasteiger partial charge in [-0.05, 0) is 48.9 Å². The quantitative estimate of drug-likeness (QED) is 0.739. The number of hydrogen-bond donors (Lipinski definition) is 2. The maximum Gasteiger partial charge on any atom is 0.270 e. The van der Waals surface area contributed by atoms with E-state index in [1.807, 2.05) is 19.1 Å². The fraction of sp³-hybridized carbons (Fsp3) is 0.118. The number of furan rings is 1. The third-order valence-corrected chi connectivity index (χ3v) is 3.56. The van der Waals surface area contributed by atoms with E-state index < -0.39 is 0 Å². The summed E-state index contributed by atoms with van der Waals surface area (Å²) in [6.07, 6.45) is 3.09. The summed E-state index contributed by atoms with van der Waals surface area (Å²) in [7, 11) is 0. The number of nitrogens with one attached hydrogen (secondary N) is 2. The first-order valence-electron chi connectivity index (χ1n) is 7.28. The van der Waals surface area contributed by atoms with Gasteiger partial charge in [0.2, 0.25) is 5.95 Å². The molecule has 24 heavy (non-hydrogen) atoms. The van der Waals surface area contributed by atoms with Gasteiger partial charge >= 0.3 is 0 Å². The summed E-state index contributed by atoms with van der Waals surface area (Å²) in [5, 5.41) is 6.49. The highest BCUT2D eigenvalue weighted by atomic mass is 35.5. The van der Waals surface area contributed by atoms with E-state index in [0.717, 1.165) is 11.3 Å². The summed E-state index contributed by atoms with van der Waals surface area (Å²) in [6, 6.07) is 10.6. The molecule has 0 radical (unpaired) electrons. The van der Waals surface area contributed by atoms with Crippen LogP contribution in [0.1, 0.15) is 21.8 Å². The topological polar surface area (TPSA) is 80.0 Å². The highest BCUT2D eigenvalue weighted by Gasteiger charge is 2.10. The Kier molecular flexibility index (Phi) is 4.77. The van der Waals surface area contributed by atoms with Crippen LogP contribution in [-0.4, -0.2) is 15.9 Å². The zero-order valence-electron chi connectivity index (χ0n) is 12.9. The molecule has 6 nitrogen and oxygen atoms in total. The van der Waals surface area contributed by atoms with Gasteiger partial charge in [-0.1, -0.05) is 11.6 Å². The van der Waals surface area contributed by atoms with Gasteiger partial charge in [0.1, 0.15) is 11.5 Å². The fourth-order valence-corrected chi connectivity index (χ4v) is 2.33. The monoisotopic (exact) mass is 342 g/mol. The first kappa shape index (κ1) is 16.0. The summed E-state index contributed by atoms with van der Waals surface area (Å²) in [5.74, 6) is 0.711. The van der Waals surface area contributed by atoms with Crippen LogP contribution in [0.5, 0.6) is 0 Å². The maximum atomic E-state index is 12.2. The van der Waals surface area contributed by atoms with Gasteiger partial charge in [0.25, 0.3) is 5.91 Å². The fourth-order valence-electron chi connectivity index (χ4n) is 2.10. The predicted octanol–water partition coefficient (Wildman–Crippen LogP) is 3.71. The molecule has 0 aliphatic carbocycles. The van der Waals surface area contributed by atoms with Crippen LogP contribution in [0.3, 0.4) is 0 Å². The van der Waals surface area contributed by atoms with Crippen molar-refractivity contribution < 1.29 is 9.21 Å². The Morgan fingerprint density at radius 3 is 2.92 bits per heavy atom. The molecule has 0 saturated carbocycles. The molecule has 0 atom stereocenters. The van der Waals surface area contributed by atoms with Gasteiger partial charge in [0.05, 0.1) is 12.8 Å². The minimum Gasteiger partial charge on any atom is -0.467 e. The van der Waals surface area contributed by atoms with Crippen LogP contribution in [-0.2, 0) is 6.54 Å². The molecule has 0 saturated heterocycles. The van der Waals surface area contributed by atoms with Crippen molar-refractivity contribution in [3.8, 4) is 0 Å². The summed E-state index contributed by atoms with van der Waals surface area (Å²) < 4.78 is 5.17. The molecular weight excluding hydrogens is 328 g/mol. The van der Waals surface area contributed by atoms with Gasteiger partial charge in [-0.2, -0.15) is 0 Å². The van der Waals surface area contributed by atoms with Gasteiger partial charge < -0.3 is 15.1 Å². The standard InChI is InChI=1S/C17H15ClN4O2/c1-11-9-12(18)4-5-14(11)21-17-19-7-6-15(22-17)16(23)20-10-13-3-2-8-24-13/h2-9H,10H2,1H3,(H,20,23)(H,19,21,22). The summed E-state index contributed by atoms with van der Waals surface area (Å²) in [4.78, 5) is 20.5. The van der Waals surface area contributed by atoms with Crippen LogP contribution in [0, 0.1) is 6.92 Å². The number of aromatic nitrogens is 2. The second kappa shape index (κ2) is 7.14. The van der Waals surface area contributed by atoms with E-state index in [0.29, 0.717) is 23.3 Å². The normalized spacial score (nSPS) is 10.4. The van der Waals surface area contributed by atoms with Crippen molar-refractivity contribution in [2.75, 3.05) is 5.32 Å². The Morgan fingerprint density at radius 2 is 2.17 bits per heavy atom. The molecule has 2 aromatic heterocycles. The van der Waals surface area contributed by atoms with Crippen LogP contribution in [0.4, 0.5) is 11.6 Å². The number of amides is 1. The number of anilines is 2. The number of carbonyl (C=O) groups is 1. The smallest absolute Gasteiger partial charge is 0.270 e. The van der Waals surface area contributed by atoms with Gasteiger partial charge in [-0.15, -0.1) is 0 Å². The molecule has 0 aliphatic rings. The van der Waals surface area contributed by atoms with Crippen molar-refractivity contribution in [3.63, 3.8) is 0 Å². The molecule has 1 aromatic carbocycles. The number of halogens is 1. The lowest BCUT2D eigenvalue weighted by Crippen LogP contribution is -2.24. The summed E-state index contributed by atoms with van der Waals surface area (Å²) in [6.45, 7) is 2.23. The molecule has 7 heteroatoms. The van der Waals surface area contributed by atoms with Crippen molar-refractivity contribution in [2.24, 2.45) is 0 Å². The summed E-state index contributed by atoms with van der Waals surface area (Å²) in [5.41, 5.74) is 2.05. The Balaban J connectivity index is 1.70. The number of hydrogen-bond acceptors (Lipinski definition) is 5. The van der Waals surface area contributed by atoms with Crippen molar-refractivity contribution >= 4 is 29.1 Å². The summed E-state index contributed by atoms with van der Waals surface area (Å²) >= 11 is 5.94. The zero-order valence-corrected chi connectivity index (χ0v) is 13.7. The third kappa shape index (κ3) is 3.91. The molecule has 0 unspecified atom stereocenters. The molecule has 1 amide bonds. The molecule has 0 fully saturated rings. The molecule has 0 aliphatic heterocycles. The van der Waals surface area contributed by atoms with Gasteiger partial charge in [0.15, 0.2) is 0 Å². The lowest BCUT2D eigenvalue weighted by Gasteiger charge is -2.09. The van der Waals surface area contributed by atoms with Crippen molar-refractivity contribution in [1.82, 2.24) is 15.3 Å². The van der Waals surface area contributed by atoms with E-state index in [9.17, 15) is 4.79 Å². The zero-order chi connectivity index (χ0) is 16.9. The van der Waals surface area contributed by atoms with Gasteiger partial charge in [-0.25, -0.2) is 9.97 Å². The van der Waals surface area contributed by atoms with Crippen molar-refractivity contribution in [2.45, 2.75) is 13.5 Å². The lowest BCUT2D eigenvalue weighted by atomic mass is 10.2. The molecular formula is C17H15ClN4O2. The van der Waals surface area contributed by atoms with E-state index in [1.165, 1.54) is 6.20 Å². The van der Waals surface area contributed by atoms with Crippen molar-refractivity contribution in [3.05, 3.63) is 70.9 Å². The SMILES string of the molecule is Cc1cc(Cl)ccc1Nc1nccc(C(=O)NCc2ccco2)n1. The molecule has 0 bridgehead atoms. The average molecular weight is 343 g/mol. The molecule has 3 aromatic rings. The Labute approximate surface area is 143 Å². The van der Waals surface area contributed by atoms with Crippen LogP contribution in [0.25, 0.3) is 0 Å². The molecule has 3 rings (SSSR count). The lowest BCUT2D eigenvalue weighted by molar-refractivity contribution is 0.0943. The van der Waals surface area contributed by atoms with Crippen LogP contribution >= 0.6 is 11.6 Å². The largest absolute Gasteiger partial charge is 0.467 e. The minimum absolute atomic E-state index is 0.269. The molecule has 2 heterocycles. The first-order valence-corrected chi connectivity index (χ1v) is 7.66. The van der Waals surface area contributed by atoms with Gasteiger partial charge in [0, 0.05) is 16.9 Å². The van der Waals surface area contributed by atoms with Gasteiger partial charge in [-0.3, -0.25) is 4.79 Å². The highest BCUT2D eigenvalue weighted by molar-refractivity contribution is 6.30. The molecule has 122 valence electrons. The minimum atomic E-state index is -0.301. The van der Waals surface area contributed by atoms with Crippen LogP contribution < -0.4 is 10.6 Å². The van der Waals surface area contributed by atoms with Crippen molar-refractivity contribution in [1.29, 1.82) is 0 Å². The van der Waals surface area contributed by atoms with E-state index in [-0.39, 0.29) is 11.6 Å². The Hall–Kier alpha value is -2.86. The first-order chi connectivity index (χ1) is 11.6. The second-order valence-electron chi connectivity index (χ2n) is 5.11.